The summed E-state index contributed by atoms with van der Waals surface area (Å²) in [5, 5.41) is 2.66. The zero-order valence-corrected chi connectivity index (χ0v) is 11.7. The second-order valence-corrected chi connectivity index (χ2v) is 4.66. The lowest BCUT2D eigenvalue weighted by Crippen LogP contribution is -2.54. The summed E-state index contributed by atoms with van der Waals surface area (Å²) in [6.45, 7) is 3.00. The predicted octanol–water partition coefficient (Wildman–Crippen LogP) is 0.0944. The Morgan fingerprint density at radius 3 is 3.20 bits per heavy atom. The van der Waals surface area contributed by atoms with Gasteiger partial charge in [-0.15, -0.1) is 0 Å². The molecule has 1 aromatic carbocycles. The SMILES string of the molecule is CNC(=O)C1COCCN1CCOc1cccc(N)c1. The van der Waals surface area contributed by atoms with Crippen LogP contribution < -0.4 is 15.8 Å². The van der Waals surface area contributed by atoms with Crippen LogP contribution in [-0.4, -0.2) is 56.8 Å². The fourth-order valence-electron chi connectivity index (χ4n) is 2.20. The monoisotopic (exact) mass is 279 g/mol. The second kappa shape index (κ2) is 7.12. The average Bonchev–Trinajstić information content (AvgIpc) is 2.47. The van der Waals surface area contributed by atoms with E-state index in [0.717, 1.165) is 12.3 Å². The molecule has 0 radical (unpaired) electrons. The van der Waals surface area contributed by atoms with Gasteiger partial charge in [0.1, 0.15) is 18.4 Å². The van der Waals surface area contributed by atoms with E-state index in [1.807, 2.05) is 18.2 Å². The standard InChI is InChI=1S/C14H21N3O3/c1-16-14(18)13-10-19-7-5-17(13)6-8-20-12-4-2-3-11(15)9-12/h2-4,9,13H,5-8,10,15H2,1H3,(H,16,18). The Morgan fingerprint density at radius 2 is 2.45 bits per heavy atom. The van der Waals surface area contributed by atoms with Crippen LogP contribution in [0, 0.1) is 0 Å². The summed E-state index contributed by atoms with van der Waals surface area (Å²) in [4.78, 5) is 13.8. The number of anilines is 1. The molecule has 1 unspecified atom stereocenters. The number of nitrogens with two attached hydrogens (primary N) is 1. The molecule has 0 bridgehead atoms. The van der Waals surface area contributed by atoms with Crippen LogP contribution in [0.4, 0.5) is 5.69 Å². The number of morpholine rings is 1. The van der Waals surface area contributed by atoms with Gasteiger partial charge in [0, 0.05) is 31.9 Å². The first-order valence-corrected chi connectivity index (χ1v) is 6.72. The summed E-state index contributed by atoms with van der Waals surface area (Å²) in [5.41, 5.74) is 6.37. The van der Waals surface area contributed by atoms with Crippen molar-refractivity contribution in [2.24, 2.45) is 0 Å². The van der Waals surface area contributed by atoms with Crippen LogP contribution in [0.1, 0.15) is 0 Å². The summed E-state index contributed by atoms with van der Waals surface area (Å²) in [7, 11) is 1.64. The van der Waals surface area contributed by atoms with Crippen molar-refractivity contribution in [3.8, 4) is 5.75 Å². The molecule has 6 heteroatoms. The third-order valence-corrected chi connectivity index (χ3v) is 3.29. The maximum absolute atomic E-state index is 11.8. The minimum atomic E-state index is -0.238. The van der Waals surface area contributed by atoms with Gasteiger partial charge in [0.05, 0.1) is 13.2 Å². The number of ether oxygens (including phenoxy) is 2. The summed E-state index contributed by atoms with van der Waals surface area (Å²) in [5.74, 6) is 0.725. The normalized spacial score (nSPS) is 19.6. The molecule has 0 saturated carbocycles. The molecule has 20 heavy (non-hydrogen) atoms. The van der Waals surface area contributed by atoms with E-state index < -0.39 is 0 Å². The van der Waals surface area contributed by atoms with Crippen LogP contribution >= 0.6 is 0 Å². The Labute approximate surface area is 118 Å². The highest BCUT2D eigenvalue weighted by Gasteiger charge is 2.28. The number of nitrogens with one attached hydrogen (secondary N) is 1. The van der Waals surface area contributed by atoms with Gasteiger partial charge < -0.3 is 20.5 Å². The molecule has 0 aromatic heterocycles. The van der Waals surface area contributed by atoms with E-state index in [-0.39, 0.29) is 11.9 Å². The number of carbonyl (C=O) groups excluding carboxylic acids is 1. The zero-order valence-electron chi connectivity index (χ0n) is 11.7. The number of benzene rings is 1. The Balaban J connectivity index is 1.84. The van der Waals surface area contributed by atoms with Crippen molar-refractivity contribution < 1.29 is 14.3 Å². The Morgan fingerprint density at radius 1 is 1.60 bits per heavy atom. The van der Waals surface area contributed by atoms with Gasteiger partial charge in [-0.1, -0.05) is 6.07 Å². The van der Waals surface area contributed by atoms with Gasteiger partial charge in [-0.25, -0.2) is 0 Å². The van der Waals surface area contributed by atoms with E-state index >= 15 is 0 Å². The number of hydrogen-bond acceptors (Lipinski definition) is 5. The number of nitrogen functional groups attached to an aromatic ring is 1. The molecule has 1 aliphatic heterocycles. The Kier molecular flexibility index (Phi) is 5.20. The van der Waals surface area contributed by atoms with Crippen molar-refractivity contribution in [3.05, 3.63) is 24.3 Å². The summed E-state index contributed by atoms with van der Waals surface area (Å²) < 4.78 is 11.0. The molecule has 1 aliphatic rings. The number of likely N-dealkylation sites (N-methyl/N-ethyl adjacent to an activating group) is 1. The minimum Gasteiger partial charge on any atom is -0.492 e. The molecule has 3 N–H and O–H groups in total. The molecule has 6 nitrogen and oxygen atoms in total. The topological polar surface area (TPSA) is 76.8 Å². The molecule has 1 atom stereocenters. The van der Waals surface area contributed by atoms with Gasteiger partial charge >= 0.3 is 0 Å². The lowest BCUT2D eigenvalue weighted by molar-refractivity contribution is -0.132. The fraction of sp³-hybridized carbons (Fsp3) is 0.500. The van der Waals surface area contributed by atoms with E-state index in [4.69, 9.17) is 15.2 Å². The van der Waals surface area contributed by atoms with Crippen molar-refractivity contribution in [1.82, 2.24) is 10.2 Å². The van der Waals surface area contributed by atoms with Crippen molar-refractivity contribution in [2.75, 3.05) is 45.7 Å². The van der Waals surface area contributed by atoms with Gasteiger partial charge in [-0.2, -0.15) is 0 Å². The van der Waals surface area contributed by atoms with Crippen molar-refractivity contribution in [1.29, 1.82) is 0 Å². The molecule has 110 valence electrons. The van der Waals surface area contributed by atoms with Crippen LogP contribution in [0.25, 0.3) is 0 Å². The molecule has 0 aliphatic carbocycles. The van der Waals surface area contributed by atoms with Crippen molar-refractivity contribution >= 4 is 11.6 Å². The van der Waals surface area contributed by atoms with Crippen LogP contribution in [0.3, 0.4) is 0 Å². The largest absolute Gasteiger partial charge is 0.492 e. The summed E-state index contributed by atoms with van der Waals surface area (Å²) in [6.07, 6.45) is 0. The highest BCUT2D eigenvalue weighted by molar-refractivity contribution is 5.81. The predicted molar refractivity (Wildman–Crippen MR) is 76.6 cm³/mol. The van der Waals surface area contributed by atoms with E-state index in [0.29, 0.717) is 32.1 Å². The first kappa shape index (κ1) is 14.6. The zero-order chi connectivity index (χ0) is 14.4. The Hall–Kier alpha value is -1.79. The number of amides is 1. The van der Waals surface area contributed by atoms with Crippen LogP contribution in [0.5, 0.6) is 5.75 Å². The minimum absolute atomic E-state index is 0.0198. The fourth-order valence-corrected chi connectivity index (χ4v) is 2.20. The van der Waals surface area contributed by atoms with Crippen molar-refractivity contribution in [2.45, 2.75) is 6.04 Å². The lowest BCUT2D eigenvalue weighted by atomic mass is 10.2. The van der Waals surface area contributed by atoms with Crippen LogP contribution in [-0.2, 0) is 9.53 Å². The lowest BCUT2D eigenvalue weighted by Gasteiger charge is -2.33. The average molecular weight is 279 g/mol. The van der Waals surface area contributed by atoms with Gasteiger partial charge in [0.15, 0.2) is 0 Å². The first-order chi connectivity index (χ1) is 9.70. The van der Waals surface area contributed by atoms with E-state index in [2.05, 4.69) is 10.2 Å². The molecule has 2 rings (SSSR count). The van der Waals surface area contributed by atoms with Gasteiger partial charge in [-0.3, -0.25) is 9.69 Å². The number of hydrogen-bond donors (Lipinski definition) is 2. The molecule has 1 aromatic rings. The Bertz CT molecular complexity index is 453. The number of rotatable bonds is 5. The quantitative estimate of drug-likeness (QED) is 0.747. The first-order valence-electron chi connectivity index (χ1n) is 6.72. The molecule has 0 spiro atoms. The summed E-state index contributed by atoms with van der Waals surface area (Å²) >= 11 is 0. The maximum Gasteiger partial charge on any atom is 0.239 e. The smallest absolute Gasteiger partial charge is 0.239 e. The molecule has 1 heterocycles. The van der Waals surface area contributed by atoms with Crippen LogP contribution in [0.15, 0.2) is 24.3 Å². The van der Waals surface area contributed by atoms with E-state index in [1.165, 1.54) is 0 Å². The number of carbonyl (C=O) groups is 1. The highest BCUT2D eigenvalue weighted by Crippen LogP contribution is 2.14. The maximum atomic E-state index is 11.8. The van der Waals surface area contributed by atoms with E-state index in [9.17, 15) is 4.79 Å². The third-order valence-electron chi connectivity index (χ3n) is 3.29. The van der Waals surface area contributed by atoms with Gasteiger partial charge in [-0.05, 0) is 12.1 Å². The molecule has 1 fully saturated rings. The molecule has 1 amide bonds. The number of nitrogens with zero attached hydrogens (tertiary/aromatic N) is 1. The van der Waals surface area contributed by atoms with Crippen molar-refractivity contribution in [3.63, 3.8) is 0 Å². The van der Waals surface area contributed by atoms with Crippen LogP contribution in [0.2, 0.25) is 0 Å². The van der Waals surface area contributed by atoms with Gasteiger partial charge in [0.25, 0.3) is 0 Å². The van der Waals surface area contributed by atoms with Gasteiger partial charge in [0.2, 0.25) is 5.91 Å². The van der Waals surface area contributed by atoms with E-state index in [1.54, 1.807) is 13.1 Å². The molecular weight excluding hydrogens is 258 g/mol. The molecule has 1 saturated heterocycles. The second-order valence-electron chi connectivity index (χ2n) is 4.66. The highest BCUT2D eigenvalue weighted by atomic mass is 16.5. The molecular formula is C14H21N3O3. The third kappa shape index (κ3) is 3.85. The summed E-state index contributed by atoms with van der Waals surface area (Å²) in [6, 6.07) is 7.09.